The topological polar surface area (TPSA) is 77.2 Å². The zero-order valence-corrected chi connectivity index (χ0v) is 14.8. The van der Waals surface area contributed by atoms with Crippen LogP contribution in [0.2, 0.25) is 5.02 Å². The number of ether oxygens (including phenoxy) is 1. The summed E-state index contributed by atoms with van der Waals surface area (Å²) < 4.78 is 10.7. The molecule has 0 aliphatic carbocycles. The number of halogens is 1. The summed E-state index contributed by atoms with van der Waals surface area (Å²) in [6, 6.07) is 14.4. The Labute approximate surface area is 153 Å². The number of aromatic nitrogens is 2. The number of methoxy groups -OCH3 is 1. The smallest absolute Gasteiger partial charge is 0.277 e. The van der Waals surface area contributed by atoms with Crippen LogP contribution < -0.4 is 10.1 Å². The Morgan fingerprint density at radius 2 is 1.96 bits per heavy atom. The van der Waals surface area contributed by atoms with Gasteiger partial charge in [0.05, 0.1) is 29.1 Å². The Morgan fingerprint density at radius 3 is 2.76 bits per heavy atom. The minimum absolute atomic E-state index is 0.127. The van der Waals surface area contributed by atoms with Crippen LogP contribution in [0.5, 0.6) is 5.75 Å². The number of hydrogen-bond acceptors (Lipinski definition) is 6. The van der Waals surface area contributed by atoms with Crippen LogP contribution in [0.1, 0.15) is 0 Å². The number of anilines is 1. The predicted octanol–water partition coefficient (Wildman–Crippen LogP) is 4.13. The monoisotopic (exact) mass is 375 g/mol. The van der Waals surface area contributed by atoms with Crippen LogP contribution in [0.15, 0.2) is 58.2 Å². The molecule has 128 valence electrons. The highest BCUT2D eigenvalue weighted by Gasteiger charge is 2.14. The van der Waals surface area contributed by atoms with Gasteiger partial charge in [0.15, 0.2) is 0 Å². The van der Waals surface area contributed by atoms with Crippen molar-refractivity contribution in [1.29, 1.82) is 0 Å². The van der Waals surface area contributed by atoms with Crippen molar-refractivity contribution in [3.05, 3.63) is 53.6 Å². The molecule has 6 nitrogen and oxygen atoms in total. The van der Waals surface area contributed by atoms with Crippen molar-refractivity contribution in [3.8, 4) is 17.2 Å². The fourth-order valence-corrected chi connectivity index (χ4v) is 2.85. The summed E-state index contributed by atoms with van der Waals surface area (Å²) in [5.74, 6) is 0.840. The van der Waals surface area contributed by atoms with Crippen molar-refractivity contribution < 1.29 is 13.9 Å². The zero-order chi connectivity index (χ0) is 17.6. The lowest BCUT2D eigenvalue weighted by Crippen LogP contribution is -2.14. The number of para-hydroxylation sites is 2. The van der Waals surface area contributed by atoms with Crippen LogP contribution in [0.25, 0.3) is 11.5 Å². The maximum Gasteiger partial charge on any atom is 0.277 e. The standard InChI is InChI=1S/C17H14ClN3O3S/c1-23-14-9-5-4-8-13(14)19-15(22)10-25-17-21-20-16(24-17)11-6-2-3-7-12(11)18/h2-9H,10H2,1H3,(H,19,22). The van der Waals surface area contributed by atoms with Crippen LogP contribution in [-0.2, 0) is 4.79 Å². The Morgan fingerprint density at radius 1 is 1.20 bits per heavy atom. The van der Waals surface area contributed by atoms with Crippen LogP contribution in [0.3, 0.4) is 0 Å². The second-order valence-electron chi connectivity index (χ2n) is 4.89. The van der Waals surface area contributed by atoms with Crippen molar-refractivity contribution in [2.24, 2.45) is 0 Å². The minimum atomic E-state index is -0.202. The number of hydrogen-bond donors (Lipinski definition) is 1. The first-order chi connectivity index (χ1) is 12.2. The molecule has 25 heavy (non-hydrogen) atoms. The Bertz CT molecular complexity index is 885. The van der Waals surface area contributed by atoms with Gasteiger partial charge in [-0.05, 0) is 24.3 Å². The third-order valence-electron chi connectivity index (χ3n) is 3.22. The molecule has 0 bridgehead atoms. The summed E-state index contributed by atoms with van der Waals surface area (Å²) in [5, 5.41) is 11.5. The fraction of sp³-hybridized carbons (Fsp3) is 0.118. The number of thioether (sulfide) groups is 1. The molecule has 3 rings (SSSR count). The summed E-state index contributed by atoms with van der Waals surface area (Å²) in [4.78, 5) is 12.1. The molecule has 0 spiro atoms. The van der Waals surface area contributed by atoms with E-state index in [4.69, 9.17) is 20.8 Å². The number of carbonyl (C=O) groups excluding carboxylic acids is 1. The van der Waals surface area contributed by atoms with E-state index in [0.717, 1.165) is 11.8 Å². The average molecular weight is 376 g/mol. The molecule has 8 heteroatoms. The Kier molecular flexibility index (Phi) is 5.57. The maximum absolute atomic E-state index is 12.1. The Hall–Kier alpha value is -2.51. The summed E-state index contributed by atoms with van der Waals surface area (Å²) in [5.41, 5.74) is 1.26. The molecular weight excluding hydrogens is 362 g/mol. The molecule has 3 aromatic rings. The van der Waals surface area contributed by atoms with Crippen molar-refractivity contribution in [2.75, 3.05) is 18.2 Å². The second-order valence-corrected chi connectivity index (χ2v) is 6.22. The second kappa shape index (κ2) is 8.04. The molecular formula is C17H14ClN3O3S. The lowest BCUT2D eigenvalue weighted by molar-refractivity contribution is -0.113. The molecule has 0 fully saturated rings. The van der Waals surface area contributed by atoms with Crippen LogP contribution >= 0.6 is 23.4 Å². The molecule has 1 amide bonds. The van der Waals surface area contributed by atoms with Gasteiger partial charge in [-0.2, -0.15) is 0 Å². The number of benzene rings is 2. The largest absolute Gasteiger partial charge is 0.495 e. The molecule has 1 N–H and O–H groups in total. The van der Waals surface area contributed by atoms with Gasteiger partial charge >= 0.3 is 0 Å². The molecule has 0 aliphatic heterocycles. The van der Waals surface area contributed by atoms with Gasteiger partial charge in [0.1, 0.15) is 5.75 Å². The molecule has 2 aromatic carbocycles. The molecule has 1 heterocycles. The van der Waals surface area contributed by atoms with E-state index >= 15 is 0 Å². The minimum Gasteiger partial charge on any atom is -0.495 e. The molecule has 1 aromatic heterocycles. The number of nitrogens with one attached hydrogen (secondary N) is 1. The summed E-state index contributed by atoms with van der Waals surface area (Å²) >= 11 is 7.25. The first-order valence-electron chi connectivity index (χ1n) is 7.31. The maximum atomic E-state index is 12.1. The van der Waals surface area contributed by atoms with E-state index < -0.39 is 0 Å². The van der Waals surface area contributed by atoms with Gasteiger partial charge in [-0.1, -0.05) is 47.6 Å². The van der Waals surface area contributed by atoms with E-state index in [-0.39, 0.29) is 11.7 Å². The number of nitrogens with zero attached hydrogens (tertiary/aromatic N) is 2. The molecule has 0 saturated carbocycles. The fourth-order valence-electron chi connectivity index (χ4n) is 2.07. The van der Waals surface area contributed by atoms with E-state index in [2.05, 4.69) is 15.5 Å². The molecule has 0 unspecified atom stereocenters. The summed E-state index contributed by atoms with van der Waals surface area (Å²) in [6.07, 6.45) is 0. The zero-order valence-electron chi connectivity index (χ0n) is 13.2. The SMILES string of the molecule is COc1ccccc1NC(=O)CSc1nnc(-c2ccccc2Cl)o1. The van der Waals surface area contributed by atoms with E-state index in [1.807, 2.05) is 24.3 Å². The first kappa shape index (κ1) is 17.3. The molecule has 0 atom stereocenters. The third-order valence-corrected chi connectivity index (χ3v) is 4.37. The first-order valence-corrected chi connectivity index (χ1v) is 8.68. The van der Waals surface area contributed by atoms with Crippen molar-refractivity contribution in [2.45, 2.75) is 5.22 Å². The van der Waals surface area contributed by atoms with Gasteiger partial charge in [0.2, 0.25) is 11.8 Å². The van der Waals surface area contributed by atoms with Crippen LogP contribution in [-0.4, -0.2) is 29.0 Å². The van der Waals surface area contributed by atoms with E-state index in [1.165, 1.54) is 0 Å². The lowest BCUT2D eigenvalue weighted by Gasteiger charge is -2.08. The number of rotatable bonds is 6. The highest BCUT2D eigenvalue weighted by Crippen LogP contribution is 2.29. The van der Waals surface area contributed by atoms with E-state index in [1.54, 1.807) is 31.4 Å². The van der Waals surface area contributed by atoms with Crippen molar-refractivity contribution in [3.63, 3.8) is 0 Å². The van der Waals surface area contributed by atoms with Gasteiger partial charge < -0.3 is 14.5 Å². The third kappa shape index (κ3) is 4.32. The van der Waals surface area contributed by atoms with Crippen molar-refractivity contribution in [1.82, 2.24) is 10.2 Å². The van der Waals surface area contributed by atoms with Gasteiger partial charge in [-0.15, -0.1) is 10.2 Å². The quantitative estimate of drug-likeness (QED) is 0.653. The Balaban J connectivity index is 1.61. The molecule has 0 saturated heterocycles. The van der Waals surface area contributed by atoms with Crippen molar-refractivity contribution >= 4 is 35.0 Å². The van der Waals surface area contributed by atoms with Gasteiger partial charge in [-0.25, -0.2) is 0 Å². The number of amides is 1. The van der Waals surface area contributed by atoms with E-state index in [0.29, 0.717) is 33.1 Å². The summed E-state index contributed by atoms with van der Waals surface area (Å²) in [6.45, 7) is 0. The van der Waals surface area contributed by atoms with Crippen LogP contribution in [0.4, 0.5) is 5.69 Å². The normalized spacial score (nSPS) is 10.5. The van der Waals surface area contributed by atoms with Crippen LogP contribution in [0, 0.1) is 0 Å². The van der Waals surface area contributed by atoms with Gasteiger partial charge in [-0.3, -0.25) is 4.79 Å². The highest BCUT2D eigenvalue weighted by molar-refractivity contribution is 7.99. The lowest BCUT2D eigenvalue weighted by atomic mass is 10.2. The molecule has 0 aliphatic rings. The molecule has 0 radical (unpaired) electrons. The van der Waals surface area contributed by atoms with Gasteiger partial charge in [0.25, 0.3) is 5.22 Å². The van der Waals surface area contributed by atoms with Gasteiger partial charge in [0, 0.05) is 0 Å². The average Bonchev–Trinajstić information content (AvgIpc) is 3.09. The highest BCUT2D eigenvalue weighted by atomic mass is 35.5. The van der Waals surface area contributed by atoms with E-state index in [9.17, 15) is 4.79 Å². The number of carbonyl (C=O) groups is 1. The predicted molar refractivity (Wildman–Crippen MR) is 97.1 cm³/mol. The summed E-state index contributed by atoms with van der Waals surface area (Å²) in [7, 11) is 1.55.